The molecule has 340 valence electrons. The van der Waals surface area contributed by atoms with Crippen molar-refractivity contribution in [3.8, 4) is 5.88 Å². The molecule has 2 aromatic rings. The van der Waals surface area contributed by atoms with Gasteiger partial charge in [0.15, 0.2) is 0 Å². The average molecular weight is 890 g/mol. The van der Waals surface area contributed by atoms with Crippen LogP contribution in [0.25, 0.3) is 10.8 Å². The van der Waals surface area contributed by atoms with E-state index in [0.29, 0.717) is 44.4 Å². The third kappa shape index (κ3) is 9.13. The molecule has 62 heavy (non-hydrogen) atoms. The summed E-state index contributed by atoms with van der Waals surface area (Å²) >= 11 is 0. The Bertz CT molecular complexity index is 2210. The van der Waals surface area contributed by atoms with Gasteiger partial charge in [0.05, 0.1) is 24.5 Å². The fourth-order valence-electron chi connectivity index (χ4n) is 8.90. The van der Waals surface area contributed by atoms with Gasteiger partial charge in [-0.1, -0.05) is 64.8 Å². The number of ether oxygens (including phenoxy) is 3. The van der Waals surface area contributed by atoms with E-state index in [2.05, 4.69) is 28.3 Å². The number of carbonyl (C=O) groups is 4. The molecule has 1 aromatic heterocycles. The van der Waals surface area contributed by atoms with Crippen molar-refractivity contribution < 1.29 is 55.0 Å². The molecular weight excluding hydrogens is 832 g/mol. The van der Waals surface area contributed by atoms with Gasteiger partial charge in [-0.25, -0.2) is 18.2 Å². The molecule has 2 aliphatic carbocycles. The molecule has 7 unspecified atom stereocenters. The monoisotopic (exact) mass is 889 g/mol. The number of nitrogens with one attached hydrogen (secondary N) is 3. The maximum absolute atomic E-state index is 15.0. The largest absolute Gasteiger partial charge is 0.472 e. The Morgan fingerprint density at radius 1 is 1.06 bits per heavy atom. The molecule has 7 rings (SSSR count). The van der Waals surface area contributed by atoms with Crippen molar-refractivity contribution in [2.24, 2.45) is 17.8 Å². The van der Waals surface area contributed by atoms with Crippen LogP contribution < -0.4 is 20.1 Å². The van der Waals surface area contributed by atoms with Crippen molar-refractivity contribution in [1.29, 1.82) is 0 Å². The first kappa shape index (κ1) is 45.6. The first-order chi connectivity index (χ1) is 29.2. The second kappa shape index (κ2) is 17.3. The van der Waals surface area contributed by atoms with Gasteiger partial charge in [-0.15, -0.1) is 0 Å². The van der Waals surface area contributed by atoms with Crippen LogP contribution in [0.4, 0.5) is 18.0 Å². The highest BCUT2D eigenvalue weighted by Crippen LogP contribution is 2.48. The lowest BCUT2D eigenvalue weighted by molar-refractivity contribution is -0.331. The van der Waals surface area contributed by atoms with Crippen molar-refractivity contribution in [3.63, 3.8) is 0 Å². The van der Waals surface area contributed by atoms with Crippen LogP contribution in [0.2, 0.25) is 0 Å². The number of sulfonamides is 1. The van der Waals surface area contributed by atoms with Gasteiger partial charge in [0.1, 0.15) is 23.7 Å². The lowest BCUT2D eigenvalue weighted by atomic mass is 9.88. The number of pyridine rings is 1. The van der Waals surface area contributed by atoms with Crippen LogP contribution in [0.3, 0.4) is 0 Å². The Kier molecular flexibility index (Phi) is 12.7. The summed E-state index contributed by atoms with van der Waals surface area (Å²) in [6.45, 7) is 7.36. The summed E-state index contributed by atoms with van der Waals surface area (Å²) in [7, 11) is -4.08. The number of halogens is 3. The zero-order valence-corrected chi connectivity index (χ0v) is 36.8. The van der Waals surface area contributed by atoms with E-state index < -0.39 is 99.1 Å². The summed E-state index contributed by atoms with van der Waals surface area (Å²) in [5.41, 5.74) is -2.58. The van der Waals surface area contributed by atoms with Gasteiger partial charge in [-0.2, -0.15) is 13.2 Å². The number of hydrogen-bond donors (Lipinski definition) is 3. The lowest BCUT2D eigenvalue weighted by Gasteiger charge is -2.41. The van der Waals surface area contributed by atoms with E-state index in [1.807, 2.05) is 38.1 Å². The Labute approximate surface area is 360 Å². The molecule has 0 bridgehead atoms. The molecule has 3 aliphatic heterocycles. The third-order valence-electron chi connectivity index (χ3n) is 13.2. The van der Waals surface area contributed by atoms with Gasteiger partial charge in [0.2, 0.25) is 27.7 Å². The summed E-state index contributed by atoms with van der Waals surface area (Å²) in [6, 6.07) is 5.29. The molecule has 0 radical (unpaired) electrons. The molecule has 0 spiro atoms. The molecule has 7 atom stereocenters. The van der Waals surface area contributed by atoms with Gasteiger partial charge in [0, 0.05) is 23.4 Å². The zero-order valence-electron chi connectivity index (χ0n) is 35.9. The van der Waals surface area contributed by atoms with Gasteiger partial charge in [-0.05, 0) is 93.2 Å². The van der Waals surface area contributed by atoms with Crippen LogP contribution in [0.15, 0.2) is 36.4 Å². The fraction of sp³-hybridized carbons (Fsp3) is 0.659. The van der Waals surface area contributed by atoms with Crippen LogP contribution in [0.5, 0.6) is 5.88 Å². The SMILES string of the molecule is CCCc1ccc2c(OC3CC4C(=O)NC5(C(=O)NS(=O)(=O)C6(C)CC6)CC5C=CCCC(C)CC(C)C(NC(=O)OC5(C(F)(F)F)COC5)C(=O)N4C3)nc(CCC)cc2c1. The molecule has 4 heterocycles. The second-order valence-electron chi connectivity index (χ2n) is 18.4. The summed E-state index contributed by atoms with van der Waals surface area (Å²) in [5.74, 6) is -3.32. The molecule has 14 nitrogen and oxygen atoms in total. The highest BCUT2D eigenvalue weighted by atomic mass is 32.2. The number of carbonyl (C=O) groups excluding carboxylic acids is 4. The number of allylic oxidation sites excluding steroid dienone is 1. The number of alkyl carbamates (subject to hydrolysis) is 1. The lowest BCUT2D eigenvalue weighted by Crippen LogP contribution is -2.65. The first-order valence-corrected chi connectivity index (χ1v) is 23.3. The normalized spacial score (nSPS) is 29.5. The van der Waals surface area contributed by atoms with Crippen molar-refractivity contribution >= 4 is 44.6 Å². The molecule has 2 saturated carbocycles. The Hall–Kier alpha value is -4.45. The van der Waals surface area contributed by atoms with E-state index in [0.717, 1.165) is 41.3 Å². The highest BCUT2D eigenvalue weighted by Gasteiger charge is 2.65. The van der Waals surface area contributed by atoms with Crippen LogP contribution in [0.1, 0.15) is 104 Å². The van der Waals surface area contributed by atoms with Gasteiger partial charge < -0.3 is 29.7 Å². The Balaban J connectivity index is 1.24. The number of nitrogens with zero attached hydrogens (tertiary/aromatic N) is 2. The summed E-state index contributed by atoms with van der Waals surface area (Å²) in [6.07, 6.45) is 2.07. The van der Waals surface area contributed by atoms with E-state index in [1.54, 1.807) is 19.9 Å². The minimum absolute atomic E-state index is 0.0380. The first-order valence-electron chi connectivity index (χ1n) is 21.8. The number of aromatic nitrogens is 1. The number of fused-ring (bicyclic) bond motifs is 3. The van der Waals surface area contributed by atoms with Crippen molar-refractivity contribution in [1.82, 2.24) is 25.2 Å². The maximum atomic E-state index is 15.0. The van der Waals surface area contributed by atoms with Crippen LogP contribution in [0, 0.1) is 17.8 Å². The Morgan fingerprint density at radius 2 is 1.79 bits per heavy atom. The topological polar surface area (TPSA) is 182 Å². The number of aryl methyl sites for hydroxylation is 2. The van der Waals surface area contributed by atoms with Crippen molar-refractivity contribution in [2.75, 3.05) is 19.8 Å². The van der Waals surface area contributed by atoms with Crippen LogP contribution in [-0.4, -0.2) is 102 Å². The molecule has 4 amide bonds. The molecule has 1 aromatic carbocycles. The Morgan fingerprint density at radius 3 is 2.44 bits per heavy atom. The van der Waals surface area contributed by atoms with Crippen molar-refractivity contribution in [3.05, 3.63) is 47.7 Å². The zero-order chi connectivity index (χ0) is 44.8. The van der Waals surface area contributed by atoms with E-state index in [-0.39, 0.29) is 25.3 Å². The summed E-state index contributed by atoms with van der Waals surface area (Å²) in [5, 5.41) is 6.91. The van der Waals surface area contributed by atoms with E-state index in [1.165, 1.54) is 4.90 Å². The van der Waals surface area contributed by atoms with Gasteiger partial charge in [0.25, 0.3) is 11.5 Å². The van der Waals surface area contributed by atoms with Gasteiger partial charge in [-0.3, -0.25) is 19.1 Å². The highest BCUT2D eigenvalue weighted by molar-refractivity contribution is 7.91. The predicted octanol–water partition coefficient (Wildman–Crippen LogP) is 5.80. The van der Waals surface area contributed by atoms with E-state index >= 15 is 0 Å². The van der Waals surface area contributed by atoms with Gasteiger partial charge >= 0.3 is 12.3 Å². The molecule has 2 saturated heterocycles. The van der Waals surface area contributed by atoms with E-state index in [4.69, 9.17) is 19.2 Å². The summed E-state index contributed by atoms with van der Waals surface area (Å²) < 4.78 is 86.2. The molecule has 3 N–H and O–H groups in total. The number of rotatable bonds is 11. The minimum Gasteiger partial charge on any atom is -0.472 e. The van der Waals surface area contributed by atoms with Crippen LogP contribution >= 0.6 is 0 Å². The maximum Gasteiger partial charge on any atom is 0.433 e. The van der Waals surface area contributed by atoms with E-state index in [9.17, 15) is 40.8 Å². The predicted molar refractivity (Wildman–Crippen MR) is 222 cm³/mol. The third-order valence-corrected chi connectivity index (χ3v) is 15.4. The second-order valence-corrected chi connectivity index (χ2v) is 20.6. The average Bonchev–Trinajstić information content (AvgIpc) is 4.06. The molecule has 5 aliphatic rings. The number of amides is 4. The van der Waals surface area contributed by atoms with Crippen molar-refractivity contribution in [2.45, 2.75) is 145 Å². The number of alkyl halides is 3. The quantitative estimate of drug-likeness (QED) is 0.233. The fourth-order valence-corrected chi connectivity index (χ4v) is 10.2. The standard InChI is InChI=1S/C44H58F3N5O9S/c1-6-10-28-14-15-33-29(19-28)20-31(11-7-2)48-37(33)60-32-21-34-36(53)50-43(39(55)51-62(57,58)41(5)16-17-41)22-30(43)13-9-8-12-26(3)18-27(4)35(38(54)52(34)23-32)49-40(56)61-42(24-59-25-42)44(45,46)47/h9,13-15,19-20,26-27,30,32,34-35H,6-8,10-12,16-18,21-25H2,1-5H3,(H,49,56)(H,50,53)(H,51,55). The minimum atomic E-state index is -4.94. The number of benzene rings is 1. The summed E-state index contributed by atoms with van der Waals surface area (Å²) in [4.78, 5) is 63.1. The van der Waals surface area contributed by atoms with Crippen LogP contribution in [-0.2, 0) is 46.7 Å². The molecule has 18 heteroatoms. The molecular formula is C44H58F3N5O9S. The number of hydrogen-bond acceptors (Lipinski definition) is 10. The molecule has 4 fully saturated rings. The smallest absolute Gasteiger partial charge is 0.433 e.